The van der Waals surface area contributed by atoms with Crippen LogP contribution in [0.4, 0.5) is 5.95 Å². The summed E-state index contributed by atoms with van der Waals surface area (Å²) in [6.45, 7) is 0. The predicted octanol–water partition coefficient (Wildman–Crippen LogP) is 3.45. The maximum absolute atomic E-state index is 6.17. The number of benzene rings is 1. The second-order valence-electron chi connectivity index (χ2n) is 4.59. The van der Waals surface area contributed by atoms with Crippen molar-refractivity contribution in [2.24, 2.45) is 0 Å². The lowest BCUT2D eigenvalue weighted by Crippen LogP contribution is -1.99. The van der Waals surface area contributed by atoms with Gasteiger partial charge in [-0.2, -0.15) is 0 Å². The molecule has 3 aromatic rings. The van der Waals surface area contributed by atoms with Gasteiger partial charge in [0, 0.05) is 23.5 Å². The smallest absolute Gasteiger partial charge is 0.221 e. The maximum Gasteiger partial charge on any atom is 0.221 e. The van der Waals surface area contributed by atoms with Crippen LogP contribution in [0.3, 0.4) is 0 Å². The first kappa shape index (κ1) is 14.3. The number of nitrogens with two attached hydrogens (primary N) is 1. The molecule has 0 aliphatic heterocycles. The predicted molar refractivity (Wildman–Crippen MR) is 86.7 cm³/mol. The Morgan fingerprint density at radius 2 is 1.82 bits per heavy atom. The largest absolute Gasteiger partial charge is 0.495 e. The average Bonchev–Trinajstić information content (AvgIpc) is 2.55. The number of hydrogen-bond donors (Lipinski definition) is 1. The van der Waals surface area contributed by atoms with Crippen molar-refractivity contribution >= 4 is 17.5 Å². The maximum atomic E-state index is 6.17. The monoisotopic (exact) mass is 312 g/mol. The van der Waals surface area contributed by atoms with Crippen molar-refractivity contribution in [2.45, 2.75) is 0 Å². The molecule has 22 heavy (non-hydrogen) atoms. The minimum absolute atomic E-state index is 0.197. The number of hydrogen-bond acceptors (Lipinski definition) is 5. The number of halogens is 1. The van der Waals surface area contributed by atoms with Crippen LogP contribution in [0.5, 0.6) is 5.75 Å². The van der Waals surface area contributed by atoms with Crippen LogP contribution in [-0.4, -0.2) is 22.1 Å². The van der Waals surface area contributed by atoms with Crippen molar-refractivity contribution in [3.05, 3.63) is 53.8 Å². The highest BCUT2D eigenvalue weighted by Gasteiger charge is 2.09. The van der Waals surface area contributed by atoms with Gasteiger partial charge < -0.3 is 10.5 Å². The Labute approximate surface area is 132 Å². The number of methoxy groups -OCH3 is 1. The summed E-state index contributed by atoms with van der Waals surface area (Å²) in [6.07, 6.45) is 3.44. The molecule has 5 nitrogen and oxygen atoms in total. The molecule has 110 valence electrons. The molecule has 2 aromatic heterocycles. The van der Waals surface area contributed by atoms with E-state index in [1.54, 1.807) is 31.6 Å². The molecule has 2 heterocycles. The van der Waals surface area contributed by atoms with Gasteiger partial charge >= 0.3 is 0 Å². The van der Waals surface area contributed by atoms with Gasteiger partial charge in [-0.05, 0) is 36.4 Å². The van der Waals surface area contributed by atoms with E-state index in [0.29, 0.717) is 22.2 Å². The third kappa shape index (κ3) is 2.84. The van der Waals surface area contributed by atoms with E-state index in [9.17, 15) is 0 Å². The average molecular weight is 313 g/mol. The first-order chi connectivity index (χ1) is 10.7. The lowest BCUT2D eigenvalue weighted by atomic mass is 10.1. The number of ether oxygens (including phenoxy) is 1. The van der Waals surface area contributed by atoms with E-state index in [-0.39, 0.29) is 5.95 Å². The highest BCUT2D eigenvalue weighted by Crippen LogP contribution is 2.31. The van der Waals surface area contributed by atoms with Gasteiger partial charge in [0.15, 0.2) is 0 Å². The van der Waals surface area contributed by atoms with Crippen LogP contribution < -0.4 is 10.5 Å². The normalized spacial score (nSPS) is 10.5. The minimum atomic E-state index is 0.197. The molecule has 0 bridgehead atoms. The standard InChI is InChI=1S/C16H13ClN4O/c1-22-15-5-4-10(7-12(15)17)13-8-14(21-16(18)20-13)11-3-2-6-19-9-11/h2-9H,1H3,(H2,18,20,21). The van der Waals surface area contributed by atoms with E-state index in [0.717, 1.165) is 11.1 Å². The molecule has 0 amide bonds. The quantitative estimate of drug-likeness (QED) is 0.801. The van der Waals surface area contributed by atoms with Gasteiger partial charge in [0.25, 0.3) is 0 Å². The molecule has 6 heteroatoms. The van der Waals surface area contributed by atoms with Crippen LogP contribution in [0.2, 0.25) is 5.02 Å². The summed E-state index contributed by atoms with van der Waals surface area (Å²) in [5.41, 5.74) is 8.94. The zero-order valence-corrected chi connectivity index (χ0v) is 12.6. The Kier molecular flexibility index (Phi) is 3.89. The number of pyridine rings is 1. The molecule has 0 atom stereocenters. The molecule has 0 spiro atoms. The van der Waals surface area contributed by atoms with Crippen molar-refractivity contribution < 1.29 is 4.74 Å². The van der Waals surface area contributed by atoms with Gasteiger partial charge in [-0.1, -0.05) is 11.6 Å². The van der Waals surface area contributed by atoms with Crippen molar-refractivity contribution in [1.29, 1.82) is 0 Å². The summed E-state index contributed by atoms with van der Waals surface area (Å²) in [7, 11) is 1.57. The van der Waals surface area contributed by atoms with E-state index in [1.807, 2.05) is 24.3 Å². The van der Waals surface area contributed by atoms with Crippen molar-refractivity contribution in [3.63, 3.8) is 0 Å². The van der Waals surface area contributed by atoms with Crippen LogP contribution in [0.15, 0.2) is 48.8 Å². The fraction of sp³-hybridized carbons (Fsp3) is 0.0625. The van der Waals surface area contributed by atoms with Crippen molar-refractivity contribution in [3.8, 4) is 28.3 Å². The summed E-state index contributed by atoms with van der Waals surface area (Å²) in [6, 6.07) is 11.1. The van der Waals surface area contributed by atoms with Crippen LogP contribution in [0.25, 0.3) is 22.5 Å². The van der Waals surface area contributed by atoms with Gasteiger partial charge in [-0.3, -0.25) is 4.98 Å². The lowest BCUT2D eigenvalue weighted by Gasteiger charge is -2.08. The Morgan fingerprint density at radius 1 is 1.05 bits per heavy atom. The first-order valence-electron chi connectivity index (χ1n) is 6.56. The molecule has 0 saturated carbocycles. The SMILES string of the molecule is COc1ccc(-c2cc(-c3cccnc3)nc(N)n2)cc1Cl. The molecule has 0 fully saturated rings. The molecule has 0 unspecified atom stereocenters. The Balaban J connectivity index is 2.08. The molecule has 3 rings (SSSR count). The fourth-order valence-corrected chi connectivity index (χ4v) is 2.36. The summed E-state index contributed by atoms with van der Waals surface area (Å²) in [4.78, 5) is 12.6. The number of anilines is 1. The van der Waals surface area contributed by atoms with Gasteiger partial charge in [0.1, 0.15) is 5.75 Å². The highest BCUT2D eigenvalue weighted by molar-refractivity contribution is 6.32. The highest BCUT2D eigenvalue weighted by atomic mass is 35.5. The Hall–Kier alpha value is -2.66. The number of nitrogens with zero attached hydrogens (tertiary/aromatic N) is 3. The van der Waals surface area contributed by atoms with Crippen LogP contribution in [0, 0.1) is 0 Å². The van der Waals surface area contributed by atoms with Crippen molar-refractivity contribution in [2.75, 3.05) is 12.8 Å². The number of nitrogen functional groups attached to an aromatic ring is 1. The van der Waals surface area contributed by atoms with Gasteiger partial charge in [0.2, 0.25) is 5.95 Å². The van der Waals surface area contributed by atoms with Crippen molar-refractivity contribution in [1.82, 2.24) is 15.0 Å². The zero-order valence-electron chi connectivity index (χ0n) is 11.8. The lowest BCUT2D eigenvalue weighted by molar-refractivity contribution is 0.415. The topological polar surface area (TPSA) is 73.9 Å². The molecule has 0 saturated heterocycles. The van der Waals surface area contributed by atoms with Crippen LogP contribution in [0.1, 0.15) is 0 Å². The molecule has 0 aliphatic carbocycles. The van der Waals surface area contributed by atoms with Gasteiger partial charge in [-0.25, -0.2) is 9.97 Å². The van der Waals surface area contributed by atoms with E-state index < -0.39 is 0 Å². The second kappa shape index (κ2) is 5.99. The Bertz CT molecular complexity index is 808. The minimum Gasteiger partial charge on any atom is -0.495 e. The van der Waals surface area contributed by atoms with Crippen LogP contribution in [-0.2, 0) is 0 Å². The molecular formula is C16H13ClN4O. The molecule has 2 N–H and O–H groups in total. The molecule has 0 radical (unpaired) electrons. The summed E-state index contributed by atoms with van der Waals surface area (Å²) >= 11 is 6.17. The molecular weight excluding hydrogens is 300 g/mol. The summed E-state index contributed by atoms with van der Waals surface area (Å²) in [5, 5.41) is 0.514. The Morgan fingerprint density at radius 3 is 2.45 bits per heavy atom. The van der Waals surface area contributed by atoms with E-state index in [4.69, 9.17) is 22.1 Å². The van der Waals surface area contributed by atoms with Gasteiger partial charge in [-0.15, -0.1) is 0 Å². The second-order valence-corrected chi connectivity index (χ2v) is 4.99. The van der Waals surface area contributed by atoms with E-state index in [1.165, 1.54) is 0 Å². The van der Waals surface area contributed by atoms with E-state index >= 15 is 0 Å². The fourth-order valence-electron chi connectivity index (χ4n) is 2.10. The number of aromatic nitrogens is 3. The van der Waals surface area contributed by atoms with E-state index in [2.05, 4.69) is 15.0 Å². The third-order valence-electron chi connectivity index (χ3n) is 3.15. The van der Waals surface area contributed by atoms with Gasteiger partial charge in [0.05, 0.1) is 23.5 Å². The zero-order chi connectivity index (χ0) is 15.5. The summed E-state index contributed by atoms with van der Waals surface area (Å²) < 4.78 is 5.15. The third-order valence-corrected chi connectivity index (χ3v) is 3.44. The molecule has 1 aromatic carbocycles. The molecule has 0 aliphatic rings. The first-order valence-corrected chi connectivity index (χ1v) is 6.94. The number of rotatable bonds is 3. The van der Waals surface area contributed by atoms with Crippen LogP contribution >= 0.6 is 11.6 Å². The summed E-state index contributed by atoms with van der Waals surface area (Å²) in [5.74, 6) is 0.809.